The van der Waals surface area contributed by atoms with Crippen LogP contribution in [0.3, 0.4) is 0 Å². The summed E-state index contributed by atoms with van der Waals surface area (Å²) in [5.74, 6) is 0.700. The maximum Gasteiger partial charge on any atom is 0.349 e. The average Bonchev–Trinajstić information content (AvgIpc) is 2.81. The molecular formula is C23H15Br3ClN3O4. The van der Waals surface area contributed by atoms with Crippen LogP contribution in [0, 0.1) is 0 Å². The quantitative estimate of drug-likeness (QED) is 0.251. The first-order chi connectivity index (χ1) is 16.3. The molecule has 0 amide bonds. The molecule has 0 aliphatic rings. The number of ether oxygens (including phenoxy) is 2. The molecular weight excluding hydrogens is 657 g/mol. The SMILES string of the molecule is COc1cc(C=Nn2c(=O)[nH]c3ccccc3c2=O)c(Br)c(Cl)c1OCc1ccc(Br)cc1Br. The second kappa shape index (κ2) is 10.5. The Labute approximate surface area is 223 Å². The first-order valence-electron chi connectivity index (χ1n) is 9.71. The van der Waals surface area contributed by atoms with Crippen molar-refractivity contribution >= 4 is 76.5 Å². The fraction of sp³-hybridized carbons (Fsp3) is 0.0870. The number of hydrogen-bond donors (Lipinski definition) is 1. The van der Waals surface area contributed by atoms with Crippen LogP contribution in [0.2, 0.25) is 5.02 Å². The number of nitrogens with one attached hydrogen (secondary N) is 1. The van der Waals surface area contributed by atoms with Gasteiger partial charge in [0.25, 0.3) is 5.56 Å². The number of methoxy groups -OCH3 is 1. The van der Waals surface area contributed by atoms with Crippen LogP contribution in [0.1, 0.15) is 11.1 Å². The minimum Gasteiger partial charge on any atom is -0.493 e. The van der Waals surface area contributed by atoms with Gasteiger partial charge in [0.1, 0.15) is 11.6 Å². The molecule has 3 aromatic carbocycles. The van der Waals surface area contributed by atoms with Crippen LogP contribution >= 0.6 is 59.4 Å². The molecule has 174 valence electrons. The first kappa shape index (κ1) is 24.7. The van der Waals surface area contributed by atoms with Crippen molar-refractivity contribution in [1.29, 1.82) is 0 Å². The summed E-state index contributed by atoms with van der Waals surface area (Å²) in [5.41, 5.74) is 0.643. The van der Waals surface area contributed by atoms with Crippen LogP contribution in [-0.4, -0.2) is 23.0 Å². The van der Waals surface area contributed by atoms with Crippen LogP contribution in [0.5, 0.6) is 11.5 Å². The van der Waals surface area contributed by atoms with E-state index in [1.807, 2.05) is 18.2 Å². The molecule has 0 radical (unpaired) electrons. The van der Waals surface area contributed by atoms with Crippen molar-refractivity contribution in [2.24, 2.45) is 5.10 Å². The molecule has 0 spiro atoms. The van der Waals surface area contributed by atoms with Gasteiger partial charge in [0.15, 0.2) is 11.5 Å². The molecule has 1 aromatic heterocycles. The van der Waals surface area contributed by atoms with Crippen molar-refractivity contribution in [1.82, 2.24) is 9.66 Å². The summed E-state index contributed by atoms with van der Waals surface area (Å²) < 4.78 is 14.5. The highest BCUT2D eigenvalue weighted by Crippen LogP contribution is 2.42. The van der Waals surface area contributed by atoms with Crippen LogP contribution < -0.4 is 20.7 Å². The maximum atomic E-state index is 12.7. The fourth-order valence-corrected chi connectivity index (χ4v) is 4.97. The van der Waals surface area contributed by atoms with Crippen molar-refractivity contribution in [2.45, 2.75) is 6.61 Å². The zero-order valence-corrected chi connectivity index (χ0v) is 23.0. The first-order valence-corrected chi connectivity index (χ1v) is 12.5. The van der Waals surface area contributed by atoms with Crippen LogP contribution in [0.15, 0.2) is 76.6 Å². The Kier molecular flexibility index (Phi) is 7.61. The maximum absolute atomic E-state index is 12.7. The van der Waals surface area contributed by atoms with Gasteiger partial charge >= 0.3 is 5.69 Å². The highest BCUT2D eigenvalue weighted by Gasteiger charge is 2.18. The second-order valence-corrected chi connectivity index (χ2v) is 9.93. The Hall–Kier alpha value is -2.40. The molecule has 0 bridgehead atoms. The van der Waals surface area contributed by atoms with E-state index >= 15 is 0 Å². The lowest BCUT2D eigenvalue weighted by Gasteiger charge is -2.15. The number of hydrogen-bond acceptors (Lipinski definition) is 5. The molecule has 1 heterocycles. The zero-order valence-electron chi connectivity index (χ0n) is 17.4. The van der Waals surface area contributed by atoms with E-state index in [-0.39, 0.29) is 11.6 Å². The third-order valence-electron chi connectivity index (χ3n) is 4.86. The Morgan fingerprint density at radius 1 is 1.12 bits per heavy atom. The number of halogens is 4. The zero-order chi connectivity index (χ0) is 24.4. The molecule has 34 heavy (non-hydrogen) atoms. The van der Waals surface area contributed by atoms with Gasteiger partial charge in [-0.05, 0) is 46.3 Å². The standard InChI is InChI=1S/C23H15Br3ClN3O4/c1-33-18-8-13(10-28-30-22(31)15-4-2-3-5-17(15)29-23(30)32)19(26)20(27)21(18)34-11-12-6-7-14(24)9-16(12)25/h2-10H,11H2,1H3,(H,29,32). The van der Waals surface area contributed by atoms with Gasteiger partial charge in [-0.2, -0.15) is 5.10 Å². The molecule has 11 heteroatoms. The molecule has 4 rings (SSSR count). The number of aromatic amines is 1. The second-order valence-electron chi connectivity index (χ2n) is 6.99. The molecule has 0 aliphatic carbocycles. The summed E-state index contributed by atoms with van der Waals surface area (Å²) in [7, 11) is 1.49. The van der Waals surface area contributed by atoms with Gasteiger partial charge in [-0.25, -0.2) is 4.79 Å². The normalized spacial score (nSPS) is 11.3. The number of H-pyrrole nitrogens is 1. The summed E-state index contributed by atoms with van der Waals surface area (Å²) in [4.78, 5) is 27.7. The third kappa shape index (κ3) is 5.00. The summed E-state index contributed by atoms with van der Waals surface area (Å²) in [6.07, 6.45) is 1.35. The highest BCUT2D eigenvalue weighted by molar-refractivity contribution is 9.11. The minimum atomic E-state index is -0.658. The monoisotopic (exact) mass is 669 g/mol. The van der Waals surface area contributed by atoms with Crippen molar-refractivity contribution in [3.05, 3.63) is 98.9 Å². The number of para-hydroxylation sites is 1. The van der Waals surface area contributed by atoms with Crippen LogP contribution in [0.25, 0.3) is 10.9 Å². The van der Waals surface area contributed by atoms with E-state index in [1.165, 1.54) is 13.3 Å². The van der Waals surface area contributed by atoms with Crippen molar-refractivity contribution in [3.63, 3.8) is 0 Å². The minimum absolute atomic E-state index is 0.242. The van der Waals surface area contributed by atoms with Crippen molar-refractivity contribution in [2.75, 3.05) is 7.11 Å². The lowest BCUT2D eigenvalue weighted by molar-refractivity contribution is 0.284. The largest absolute Gasteiger partial charge is 0.493 e. The van der Waals surface area contributed by atoms with Gasteiger partial charge in [0.05, 0.1) is 24.2 Å². The molecule has 0 atom stereocenters. The van der Waals surface area contributed by atoms with Gasteiger partial charge in [-0.3, -0.25) is 4.79 Å². The topological polar surface area (TPSA) is 85.7 Å². The van der Waals surface area contributed by atoms with Gasteiger partial charge in [-0.1, -0.05) is 61.7 Å². The van der Waals surface area contributed by atoms with E-state index in [0.717, 1.165) is 19.2 Å². The smallest absolute Gasteiger partial charge is 0.349 e. The summed E-state index contributed by atoms with van der Waals surface area (Å²) >= 11 is 17.0. The number of benzene rings is 3. The van der Waals surface area contributed by atoms with E-state index in [2.05, 4.69) is 57.9 Å². The summed E-state index contributed by atoms with van der Waals surface area (Å²) in [6, 6.07) is 14.1. The highest BCUT2D eigenvalue weighted by atomic mass is 79.9. The fourth-order valence-electron chi connectivity index (χ4n) is 3.15. The molecule has 7 nitrogen and oxygen atoms in total. The van der Waals surface area contributed by atoms with Crippen LogP contribution in [-0.2, 0) is 6.61 Å². The number of aromatic nitrogens is 2. The molecule has 0 saturated heterocycles. The van der Waals surface area contributed by atoms with E-state index in [0.29, 0.717) is 32.4 Å². The summed E-state index contributed by atoms with van der Waals surface area (Å²) in [5, 5.41) is 4.69. The Balaban J connectivity index is 1.69. The van der Waals surface area contributed by atoms with E-state index in [1.54, 1.807) is 30.3 Å². The van der Waals surface area contributed by atoms with E-state index in [9.17, 15) is 9.59 Å². The Bertz CT molecular complexity index is 1550. The lowest BCUT2D eigenvalue weighted by Crippen LogP contribution is -2.32. The van der Waals surface area contributed by atoms with Gasteiger partial charge < -0.3 is 14.5 Å². The Morgan fingerprint density at radius 2 is 1.88 bits per heavy atom. The lowest BCUT2D eigenvalue weighted by atomic mass is 10.2. The summed E-state index contributed by atoms with van der Waals surface area (Å²) in [6.45, 7) is 0.242. The molecule has 0 aliphatic heterocycles. The van der Waals surface area contributed by atoms with Gasteiger partial charge in [-0.15, -0.1) is 4.68 Å². The number of fused-ring (bicyclic) bond motifs is 1. The van der Waals surface area contributed by atoms with Gasteiger partial charge in [0.2, 0.25) is 0 Å². The molecule has 1 N–H and O–H groups in total. The van der Waals surface area contributed by atoms with Crippen LogP contribution in [0.4, 0.5) is 0 Å². The van der Waals surface area contributed by atoms with E-state index < -0.39 is 11.2 Å². The average molecular weight is 673 g/mol. The predicted octanol–water partition coefficient (Wildman–Crippen LogP) is 6.10. The van der Waals surface area contributed by atoms with Crippen molar-refractivity contribution in [3.8, 4) is 11.5 Å². The molecule has 0 unspecified atom stereocenters. The van der Waals surface area contributed by atoms with Crippen molar-refractivity contribution < 1.29 is 9.47 Å². The number of nitrogens with zero attached hydrogens (tertiary/aromatic N) is 2. The molecule has 0 saturated carbocycles. The molecule has 0 fully saturated rings. The Morgan fingerprint density at radius 3 is 2.62 bits per heavy atom. The third-order valence-corrected chi connectivity index (χ3v) is 7.53. The van der Waals surface area contributed by atoms with E-state index in [4.69, 9.17) is 21.1 Å². The van der Waals surface area contributed by atoms with Gasteiger partial charge in [0, 0.05) is 24.5 Å². The molecule has 4 aromatic rings. The predicted molar refractivity (Wildman–Crippen MR) is 144 cm³/mol. The number of rotatable bonds is 6.